The molecule has 0 bridgehead atoms. The van der Waals surface area contributed by atoms with Crippen LogP contribution >= 0.6 is 0 Å². The van der Waals surface area contributed by atoms with Crippen LogP contribution in [0.2, 0.25) is 0 Å². The van der Waals surface area contributed by atoms with Crippen LogP contribution in [-0.2, 0) is 16.5 Å². The van der Waals surface area contributed by atoms with E-state index in [0.717, 1.165) is 24.8 Å². The molecule has 41 heavy (non-hydrogen) atoms. The number of unbranched alkanes of at least 4 members (excludes halogenated alkanes) is 27. The summed E-state index contributed by atoms with van der Waals surface area (Å²) in [5, 5.41) is 0. The summed E-state index contributed by atoms with van der Waals surface area (Å²) < 4.78 is 32.3. The van der Waals surface area contributed by atoms with Crippen molar-refractivity contribution in [2.45, 2.75) is 198 Å². The maximum absolute atomic E-state index is 11.5. The third kappa shape index (κ3) is 25.9. The van der Waals surface area contributed by atoms with Gasteiger partial charge in [-0.2, -0.15) is 8.42 Å². The van der Waals surface area contributed by atoms with Crippen molar-refractivity contribution in [2.75, 3.05) is 0 Å². The molecule has 3 nitrogen and oxygen atoms in total. The summed E-state index contributed by atoms with van der Waals surface area (Å²) in [6, 6.07) is 6.80. The Morgan fingerprint density at radius 1 is 0.463 bits per heavy atom. The molecule has 0 fully saturated rings. The number of rotatable bonds is 30. The molecule has 0 aromatic heterocycles. The number of aryl methyl sites for hydroxylation is 1. The standard InChI is InChI=1S/C36H66O3S.Li.H/c1-2-3-4-5-6-7-8-9-10-11-12-13-14-15-16-17-18-19-20-21-22-23-24-25-26-27-28-29-32-35-33-30-31-34-36(35)40(37,38)39;;/h30-31,33-34H,2-29,32H2,1H3,(H,37,38,39);;. The van der Waals surface area contributed by atoms with E-state index in [1.807, 2.05) is 12.1 Å². The van der Waals surface area contributed by atoms with Crippen molar-refractivity contribution in [3.63, 3.8) is 0 Å². The van der Waals surface area contributed by atoms with E-state index >= 15 is 0 Å². The van der Waals surface area contributed by atoms with Gasteiger partial charge in [0.2, 0.25) is 0 Å². The fourth-order valence-corrected chi connectivity index (χ4v) is 6.70. The Hall–Kier alpha value is -0.273. The van der Waals surface area contributed by atoms with Crippen molar-refractivity contribution < 1.29 is 13.0 Å². The van der Waals surface area contributed by atoms with Gasteiger partial charge in [-0.25, -0.2) is 0 Å². The summed E-state index contributed by atoms with van der Waals surface area (Å²) in [7, 11) is -4.11. The molecule has 0 amide bonds. The van der Waals surface area contributed by atoms with E-state index in [1.165, 1.54) is 173 Å². The van der Waals surface area contributed by atoms with Crippen LogP contribution in [0.1, 0.15) is 192 Å². The average molecular weight is 587 g/mol. The van der Waals surface area contributed by atoms with Gasteiger partial charge < -0.3 is 0 Å². The quantitative estimate of drug-likeness (QED) is 0.0554. The molecule has 0 radical (unpaired) electrons. The second kappa shape index (κ2) is 29.8. The van der Waals surface area contributed by atoms with Gasteiger partial charge in [0.05, 0.1) is 4.90 Å². The predicted molar refractivity (Wildman–Crippen MR) is 182 cm³/mol. The van der Waals surface area contributed by atoms with Gasteiger partial charge in [0.25, 0.3) is 10.1 Å². The van der Waals surface area contributed by atoms with Crippen molar-refractivity contribution in [1.82, 2.24) is 0 Å². The van der Waals surface area contributed by atoms with Gasteiger partial charge in [0, 0.05) is 0 Å². The Morgan fingerprint density at radius 2 is 0.732 bits per heavy atom. The third-order valence-electron chi connectivity index (χ3n) is 8.55. The zero-order chi connectivity index (χ0) is 29.0. The number of hydrogen-bond donors (Lipinski definition) is 1. The molecule has 0 aliphatic rings. The molecule has 236 valence electrons. The Kier molecular flexibility index (Phi) is 29.6. The van der Waals surface area contributed by atoms with Gasteiger partial charge in [0.15, 0.2) is 0 Å². The molecule has 0 saturated carbocycles. The fraction of sp³-hybridized carbons (Fsp3) is 0.833. The first-order chi connectivity index (χ1) is 19.6. The van der Waals surface area contributed by atoms with Crippen LogP contribution < -0.4 is 0 Å². The first-order valence-electron chi connectivity index (χ1n) is 17.6. The Bertz CT molecular complexity index is 781. The van der Waals surface area contributed by atoms with E-state index in [2.05, 4.69) is 6.92 Å². The maximum atomic E-state index is 11.5. The Labute approximate surface area is 268 Å². The third-order valence-corrected chi connectivity index (χ3v) is 9.50. The van der Waals surface area contributed by atoms with Crippen LogP contribution in [0.4, 0.5) is 0 Å². The Morgan fingerprint density at radius 3 is 1.02 bits per heavy atom. The summed E-state index contributed by atoms with van der Waals surface area (Å²) in [6.07, 6.45) is 39.7. The summed E-state index contributed by atoms with van der Waals surface area (Å²) in [6.45, 7) is 2.30. The molecule has 0 saturated heterocycles. The van der Waals surface area contributed by atoms with E-state index in [1.54, 1.807) is 6.07 Å². The molecule has 0 atom stereocenters. The molecular weight excluding hydrogens is 519 g/mol. The van der Waals surface area contributed by atoms with E-state index in [9.17, 15) is 13.0 Å². The van der Waals surface area contributed by atoms with Crippen LogP contribution in [0.15, 0.2) is 29.2 Å². The predicted octanol–water partition coefficient (Wildman–Crippen LogP) is 11.8. The molecule has 0 heterocycles. The van der Waals surface area contributed by atoms with E-state index < -0.39 is 10.1 Å². The molecule has 1 N–H and O–H groups in total. The molecule has 0 unspecified atom stereocenters. The minimum absolute atomic E-state index is 0. The first-order valence-corrected chi connectivity index (χ1v) is 19.0. The molecule has 0 aliphatic carbocycles. The Balaban J connectivity index is 0.0000160. The minimum atomic E-state index is -4.11. The zero-order valence-electron chi connectivity index (χ0n) is 26.5. The van der Waals surface area contributed by atoms with E-state index in [4.69, 9.17) is 0 Å². The topological polar surface area (TPSA) is 54.4 Å². The zero-order valence-corrected chi connectivity index (χ0v) is 27.3. The van der Waals surface area contributed by atoms with Crippen LogP contribution in [0, 0.1) is 0 Å². The number of hydrogen-bond acceptors (Lipinski definition) is 2. The van der Waals surface area contributed by atoms with Crippen LogP contribution in [0.25, 0.3) is 0 Å². The van der Waals surface area contributed by atoms with E-state index in [-0.39, 0.29) is 23.8 Å². The van der Waals surface area contributed by atoms with Gasteiger partial charge >= 0.3 is 18.9 Å². The molecule has 1 rings (SSSR count). The SMILES string of the molecule is CCCCCCCCCCCCCCCCCCCCCCCCCCCCCCc1ccccc1S(=O)(=O)O.[LiH]. The average Bonchev–Trinajstić information content (AvgIpc) is 2.94. The number of benzene rings is 1. The molecule has 1 aromatic carbocycles. The normalized spacial score (nSPS) is 11.6. The monoisotopic (exact) mass is 586 g/mol. The van der Waals surface area contributed by atoms with Gasteiger partial charge in [-0.1, -0.05) is 198 Å². The summed E-state index contributed by atoms with van der Waals surface area (Å²) in [4.78, 5) is 0.0695. The fourth-order valence-electron chi connectivity index (χ4n) is 5.95. The van der Waals surface area contributed by atoms with Crippen molar-refractivity contribution in [3.8, 4) is 0 Å². The van der Waals surface area contributed by atoms with Crippen LogP contribution in [0.5, 0.6) is 0 Å². The molecule has 1 aromatic rings. The van der Waals surface area contributed by atoms with Crippen molar-refractivity contribution in [1.29, 1.82) is 0 Å². The van der Waals surface area contributed by atoms with Crippen molar-refractivity contribution >= 4 is 29.0 Å². The van der Waals surface area contributed by atoms with Crippen molar-refractivity contribution in [3.05, 3.63) is 29.8 Å². The summed E-state index contributed by atoms with van der Waals surface area (Å²) in [5.41, 5.74) is 0.736. The van der Waals surface area contributed by atoms with Crippen LogP contribution in [0.3, 0.4) is 0 Å². The van der Waals surface area contributed by atoms with Gasteiger partial charge in [-0.05, 0) is 24.5 Å². The molecule has 5 heteroatoms. The van der Waals surface area contributed by atoms with Crippen molar-refractivity contribution in [2.24, 2.45) is 0 Å². The van der Waals surface area contributed by atoms with Crippen LogP contribution in [-0.4, -0.2) is 31.8 Å². The first kappa shape index (κ1) is 40.7. The van der Waals surface area contributed by atoms with Gasteiger partial charge in [-0.15, -0.1) is 0 Å². The molecule has 0 spiro atoms. The second-order valence-corrected chi connectivity index (χ2v) is 13.8. The van der Waals surface area contributed by atoms with Gasteiger partial charge in [-0.3, -0.25) is 4.55 Å². The second-order valence-electron chi connectivity index (χ2n) is 12.4. The molecule has 0 aliphatic heterocycles. The summed E-state index contributed by atoms with van der Waals surface area (Å²) in [5.74, 6) is 0. The molecular formula is C36H67LiO3S. The summed E-state index contributed by atoms with van der Waals surface area (Å²) >= 11 is 0. The van der Waals surface area contributed by atoms with E-state index in [0.29, 0.717) is 0 Å². The van der Waals surface area contributed by atoms with Gasteiger partial charge in [0.1, 0.15) is 0 Å².